The van der Waals surface area contributed by atoms with Gasteiger partial charge < -0.3 is 5.73 Å². The lowest BCUT2D eigenvalue weighted by molar-refractivity contribution is -0.0573. The summed E-state index contributed by atoms with van der Waals surface area (Å²) in [6.45, 7) is 11.6. The Kier molecular flexibility index (Phi) is 2.28. The summed E-state index contributed by atoms with van der Waals surface area (Å²) in [5.41, 5.74) is 6.89. The molecule has 1 nitrogen and oxygen atoms in total. The standard InChI is InChI=1S/C11H23N/c1-6-11(5)8(7-9(11)12)10(2,3)4/h8-9H,6-7,12H2,1-5H3. The van der Waals surface area contributed by atoms with E-state index in [9.17, 15) is 0 Å². The normalized spacial score (nSPS) is 42.5. The molecule has 0 radical (unpaired) electrons. The minimum absolute atomic E-state index is 0.401. The third-order valence-corrected chi connectivity index (χ3v) is 3.94. The third-order valence-electron chi connectivity index (χ3n) is 3.94. The van der Waals surface area contributed by atoms with Crippen LogP contribution in [0.15, 0.2) is 0 Å². The van der Waals surface area contributed by atoms with Crippen LogP contribution in [0.25, 0.3) is 0 Å². The van der Waals surface area contributed by atoms with Gasteiger partial charge in [-0.2, -0.15) is 0 Å². The molecule has 0 amide bonds. The van der Waals surface area contributed by atoms with E-state index in [0.717, 1.165) is 5.92 Å². The molecule has 1 heteroatoms. The number of hydrogen-bond donors (Lipinski definition) is 1. The first-order chi connectivity index (χ1) is 5.32. The van der Waals surface area contributed by atoms with E-state index in [4.69, 9.17) is 5.73 Å². The highest BCUT2D eigenvalue weighted by atomic mass is 14.8. The summed E-state index contributed by atoms with van der Waals surface area (Å²) in [5, 5.41) is 0. The van der Waals surface area contributed by atoms with Crippen LogP contribution in [0.4, 0.5) is 0 Å². The fraction of sp³-hybridized carbons (Fsp3) is 1.00. The van der Waals surface area contributed by atoms with Crippen LogP contribution < -0.4 is 5.73 Å². The van der Waals surface area contributed by atoms with Crippen molar-refractivity contribution in [3.05, 3.63) is 0 Å². The van der Waals surface area contributed by atoms with Crippen molar-refractivity contribution in [3.8, 4) is 0 Å². The van der Waals surface area contributed by atoms with Gasteiger partial charge >= 0.3 is 0 Å². The van der Waals surface area contributed by atoms with Crippen molar-refractivity contribution in [1.82, 2.24) is 0 Å². The van der Waals surface area contributed by atoms with Crippen LogP contribution in [0.5, 0.6) is 0 Å². The average Bonchev–Trinajstić information content (AvgIpc) is 1.96. The SMILES string of the molecule is CCC1(C)C(N)CC1C(C)(C)C. The van der Waals surface area contributed by atoms with Crippen molar-refractivity contribution >= 4 is 0 Å². The quantitative estimate of drug-likeness (QED) is 0.642. The summed E-state index contributed by atoms with van der Waals surface area (Å²) in [5.74, 6) is 0.810. The monoisotopic (exact) mass is 169 g/mol. The Morgan fingerprint density at radius 1 is 1.42 bits per heavy atom. The first-order valence-electron chi connectivity index (χ1n) is 5.08. The second kappa shape index (κ2) is 2.73. The summed E-state index contributed by atoms with van der Waals surface area (Å²) >= 11 is 0. The molecule has 1 saturated carbocycles. The minimum Gasteiger partial charge on any atom is -0.327 e. The molecule has 0 bridgehead atoms. The van der Waals surface area contributed by atoms with Gasteiger partial charge in [-0.1, -0.05) is 34.6 Å². The smallest absolute Gasteiger partial charge is 0.00987 e. The predicted octanol–water partition coefficient (Wildman–Crippen LogP) is 2.80. The molecule has 12 heavy (non-hydrogen) atoms. The van der Waals surface area contributed by atoms with Crippen LogP contribution in [0.2, 0.25) is 0 Å². The van der Waals surface area contributed by atoms with Gasteiger partial charge in [0.1, 0.15) is 0 Å². The third kappa shape index (κ3) is 1.28. The van der Waals surface area contributed by atoms with Crippen molar-refractivity contribution in [3.63, 3.8) is 0 Å². The molecule has 0 aromatic rings. The van der Waals surface area contributed by atoms with Crippen LogP contribution in [0, 0.1) is 16.7 Å². The fourth-order valence-corrected chi connectivity index (χ4v) is 2.74. The Morgan fingerprint density at radius 3 is 2.08 bits per heavy atom. The van der Waals surface area contributed by atoms with Gasteiger partial charge in [0, 0.05) is 6.04 Å². The van der Waals surface area contributed by atoms with Gasteiger partial charge in [-0.3, -0.25) is 0 Å². The van der Waals surface area contributed by atoms with Crippen LogP contribution >= 0.6 is 0 Å². The Balaban J connectivity index is 2.73. The van der Waals surface area contributed by atoms with E-state index in [0.29, 0.717) is 16.9 Å². The Hall–Kier alpha value is -0.0400. The maximum Gasteiger partial charge on any atom is 0.00987 e. The lowest BCUT2D eigenvalue weighted by Gasteiger charge is -2.58. The molecular weight excluding hydrogens is 146 g/mol. The molecule has 0 saturated heterocycles. The summed E-state index contributed by atoms with van der Waals surface area (Å²) in [6.07, 6.45) is 2.43. The van der Waals surface area contributed by atoms with E-state index < -0.39 is 0 Å². The van der Waals surface area contributed by atoms with E-state index in [2.05, 4.69) is 34.6 Å². The molecule has 1 fully saturated rings. The van der Waals surface area contributed by atoms with Crippen LogP contribution in [-0.4, -0.2) is 6.04 Å². The molecular formula is C11H23N. The summed E-state index contributed by atoms with van der Waals surface area (Å²) in [4.78, 5) is 0. The number of nitrogens with two attached hydrogens (primary N) is 1. The largest absolute Gasteiger partial charge is 0.327 e. The zero-order chi connectivity index (χ0) is 9.57. The molecule has 0 aliphatic heterocycles. The van der Waals surface area contributed by atoms with Crippen molar-refractivity contribution in [2.24, 2.45) is 22.5 Å². The molecule has 2 N–H and O–H groups in total. The molecule has 72 valence electrons. The van der Waals surface area contributed by atoms with Gasteiger partial charge in [-0.25, -0.2) is 0 Å². The average molecular weight is 169 g/mol. The summed E-state index contributed by atoms with van der Waals surface area (Å²) in [6, 6.07) is 0.437. The second-order valence-corrected chi connectivity index (χ2v) is 5.62. The van der Waals surface area contributed by atoms with Crippen molar-refractivity contribution in [1.29, 1.82) is 0 Å². The lowest BCUT2D eigenvalue weighted by Crippen LogP contribution is -2.59. The molecule has 0 spiro atoms. The first-order valence-corrected chi connectivity index (χ1v) is 5.08. The Labute approximate surface area is 76.7 Å². The highest BCUT2D eigenvalue weighted by molar-refractivity contribution is 5.05. The lowest BCUT2D eigenvalue weighted by atomic mass is 9.49. The molecule has 1 aliphatic rings. The zero-order valence-corrected chi connectivity index (χ0v) is 9.15. The maximum atomic E-state index is 6.05. The van der Waals surface area contributed by atoms with E-state index in [1.807, 2.05) is 0 Å². The van der Waals surface area contributed by atoms with E-state index in [1.54, 1.807) is 0 Å². The second-order valence-electron chi connectivity index (χ2n) is 5.62. The van der Waals surface area contributed by atoms with E-state index in [-0.39, 0.29) is 0 Å². The molecule has 3 unspecified atom stereocenters. The Morgan fingerprint density at radius 2 is 1.92 bits per heavy atom. The van der Waals surface area contributed by atoms with Gasteiger partial charge in [0.15, 0.2) is 0 Å². The van der Waals surface area contributed by atoms with Gasteiger partial charge in [0.05, 0.1) is 0 Å². The molecule has 1 rings (SSSR count). The molecule has 0 aromatic carbocycles. The van der Waals surface area contributed by atoms with Gasteiger partial charge in [-0.05, 0) is 29.6 Å². The van der Waals surface area contributed by atoms with Gasteiger partial charge in [0.25, 0.3) is 0 Å². The fourth-order valence-electron chi connectivity index (χ4n) is 2.74. The van der Waals surface area contributed by atoms with Crippen LogP contribution in [0.1, 0.15) is 47.5 Å². The van der Waals surface area contributed by atoms with Crippen molar-refractivity contribution in [2.75, 3.05) is 0 Å². The van der Waals surface area contributed by atoms with Gasteiger partial charge in [0.2, 0.25) is 0 Å². The highest BCUT2D eigenvalue weighted by Crippen LogP contribution is 2.55. The maximum absolute atomic E-state index is 6.05. The number of hydrogen-bond acceptors (Lipinski definition) is 1. The van der Waals surface area contributed by atoms with Crippen molar-refractivity contribution in [2.45, 2.75) is 53.5 Å². The summed E-state index contributed by atoms with van der Waals surface area (Å²) in [7, 11) is 0. The van der Waals surface area contributed by atoms with Crippen LogP contribution in [-0.2, 0) is 0 Å². The van der Waals surface area contributed by atoms with Gasteiger partial charge in [-0.15, -0.1) is 0 Å². The van der Waals surface area contributed by atoms with E-state index in [1.165, 1.54) is 12.8 Å². The molecule has 0 heterocycles. The minimum atomic E-state index is 0.401. The summed E-state index contributed by atoms with van der Waals surface area (Å²) < 4.78 is 0. The topological polar surface area (TPSA) is 26.0 Å². The molecule has 3 atom stereocenters. The highest BCUT2D eigenvalue weighted by Gasteiger charge is 2.52. The molecule has 0 aromatic heterocycles. The van der Waals surface area contributed by atoms with Crippen molar-refractivity contribution < 1.29 is 0 Å². The predicted molar refractivity (Wildman–Crippen MR) is 53.9 cm³/mol. The molecule has 1 aliphatic carbocycles. The van der Waals surface area contributed by atoms with Crippen LogP contribution in [0.3, 0.4) is 0 Å². The first kappa shape index (κ1) is 10.0. The van der Waals surface area contributed by atoms with E-state index >= 15 is 0 Å². The zero-order valence-electron chi connectivity index (χ0n) is 9.15. The Bertz CT molecular complexity index is 168. The number of rotatable bonds is 1.